The van der Waals surface area contributed by atoms with Crippen molar-refractivity contribution in [2.75, 3.05) is 38.2 Å². The van der Waals surface area contributed by atoms with Crippen molar-refractivity contribution in [1.82, 2.24) is 9.88 Å². The zero-order chi connectivity index (χ0) is 21.8. The second-order valence-electron chi connectivity index (χ2n) is 7.87. The molecule has 0 aliphatic carbocycles. The molecule has 2 heterocycles. The SMILES string of the molecule is CS(=O)(=O)c1ccc(-c2cnc(N)c(-c3ccc(OCCN4CCCC4)cc3)c2)cc1. The smallest absolute Gasteiger partial charge is 0.175 e. The molecule has 1 saturated heterocycles. The Morgan fingerprint density at radius 1 is 0.968 bits per heavy atom. The summed E-state index contributed by atoms with van der Waals surface area (Å²) in [5.41, 5.74) is 9.67. The number of sulfone groups is 1. The molecule has 31 heavy (non-hydrogen) atoms. The highest BCUT2D eigenvalue weighted by Crippen LogP contribution is 2.31. The molecule has 0 unspecified atom stereocenters. The third-order valence-corrected chi connectivity index (χ3v) is 6.70. The highest BCUT2D eigenvalue weighted by molar-refractivity contribution is 7.90. The summed E-state index contributed by atoms with van der Waals surface area (Å²) in [6, 6.07) is 16.6. The van der Waals surface area contributed by atoms with Crippen LogP contribution in [0.2, 0.25) is 0 Å². The van der Waals surface area contributed by atoms with E-state index in [2.05, 4.69) is 9.88 Å². The maximum absolute atomic E-state index is 11.7. The summed E-state index contributed by atoms with van der Waals surface area (Å²) >= 11 is 0. The molecule has 1 aromatic heterocycles. The topological polar surface area (TPSA) is 85.5 Å². The Bertz CT molecular complexity index is 1140. The summed E-state index contributed by atoms with van der Waals surface area (Å²) in [4.78, 5) is 7.06. The predicted molar refractivity (Wildman–Crippen MR) is 124 cm³/mol. The van der Waals surface area contributed by atoms with E-state index in [1.165, 1.54) is 32.2 Å². The second-order valence-corrected chi connectivity index (χ2v) is 9.89. The van der Waals surface area contributed by atoms with Crippen LogP contribution in [0.4, 0.5) is 5.82 Å². The molecular weight excluding hydrogens is 410 g/mol. The fourth-order valence-electron chi connectivity index (χ4n) is 3.79. The number of hydrogen-bond acceptors (Lipinski definition) is 6. The predicted octanol–water partition coefficient (Wildman–Crippen LogP) is 3.88. The largest absolute Gasteiger partial charge is 0.492 e. The number of benzene rings is 2. The van der Waals surface area contributed by atoms with Gasteiger partial charge >= 0.3 is 0 Å². The van der Waals surface area contributed by atoms with Gasteiger partial charge in [0.15, 0.2) is 9.84 Å². The van der Waals surface area contributed by atoms with E-state index in [9.17, 15) is 8.42 Å². The molecule has 0 bridgehead atoms. The molecule has 3 aromatic rings. The van der Waals surface area contributed by atoms with Crippen LogP contribution < -0.4 is 10.5 Å². The van der Waals surface area contributed by atoms with Crippen LogP contribution in [0.15, 0.2) is 65.7 Å². The number of anilines is 1. The number of ether oxygens (including phenoxy) is 1. The molecule has 2 N–H and O–H groups in total. The fraction of sp³-hybridized carbons (Fsp3) is 0.292. The number of pyridine rings is 1. The zero-order valence-corrected chi connectivity index (χ0v) is 18.4. The molecule has 1 aliphatic heterocycles. The summed E-state index contributed by atoms with van der Waals surface area (Å²) in [5.74, 6) is 1.28. The number of nitrogens with zero attached hydrogens (tertiary/aromatic N) is 2. The van der Waals surface area contributed by atoms with Gasteiger partial charge in [0, 0.05) is 30.1 Å². The molecule has 7 heteroatoms. The van der Waals surface area contributed by atoms with Crippen molar-refractivity contribution in [1.29, 1.82) is 0 Å². The summed E-state index contributed by atoms with van der Waals surface area (Å²) in [7, 11) is -3.23. The molecule has 2 aromatic carbocycles. The molecule has 1 fully saturated rings. The average Bonchev–Trinajstić information content (AvgIpc) is 3.28. The van der Waals surface area contributed by atoms with E-state index in [-0.39, 0.29) is 0 Å². The summed E-state index contributed by atoms with van der Waals surface area (Å²) < 4.78 is 29.2. The quantitative estimate of drug-likeness (QED) is 0.604. The van der Waals surface area contributed by atoms with Crippen LogP contribution in [-0.4, -0.2) is 50.8 Å². The van der Waals surface area contributed by atoms with Crippen molar-refractivity contribution in [3.63, 3.8) is 0 Å². The Morgan fingerprint density at radius 2 is 1.61 bits per heavy atom. The van der Waals surface area contributed by atoms with Gasteiger partial charge < -0.3 is 10.5 Å². The maximum Gasteiger partial charge on any atom is 0.175 e. The minimum atomic E-state index is -3.23. The molecular formula is C24H27N3O3S. The van der Waals surface area contributed by atoms with Crippen LogP contribution in [0.1, 0.15) is 12.8 Å². The van der Waals surface area contributed by atoms with Gasteiger partial charge in [0.2, 0.25) is 0 Å². The third-order valence-electron chi connectivity index (χ3n) is 5.57. The number of aromatic nitrogens is 1. The Morgan fingerprint density at radius 3 is 2.26 bits per heavy atom. The number of rotatable bonds is 7. The Balaban J connectivity index is 1.49. The molecule has 0 saturated carbocycles. The van der Waals surface area contributed by atoms with Crippen molar-refractivity contribution < 1.29 is 13.2 Å². The molecule has 0 amide bonds. The molecule has 0 spiro atoms. The number of hydrogen-bond donors (Lipinski definition) is 1. The van der Waals surface area contributed by atoms with E-state index in [0.29, 0.717) is 17.3 Å². The van der Waals surface area contributed by atoms with E-state index in [0.717, 1.165) is 34.5 Å². The summed E-state index contributed by atoms with van der Waals surface area (Å²) in [6.45, 7) is 3.98. The van der Waals surface area contributed by atoms with Crippen LogP contribution in [0.3, 0.4) is 0 Å². The van der Waals surface area contributed by atoms with Crippen molar-refractivity contribution in [2.45, 2.75) is 17.7 Å². The summed E-state index contributed by atoms with van der Waals surface area (Å²) in [6.07, 6.45) is 5.46. The minimum absolute atomic E-state index is 0.292. The van der Waals surface area contributed by atoms with E-state index >= 15 is 0 Å². The van der Waals surface area contributed by atoms with Crippen molar-refractivity contribution in [2.24, 2.45) is 0 Å². The second kappa shape index (κ2) is 9.08. The van der Waals surface area contributed by atoms with E-state index in [1.54, 1.807) is 30.5 Å². The highest BCUT2D eigenvalue weighted by atomic mass is 32.2. The highest BCUT2D eigenvalue weighted by Gasteiger charge is 2.12. The van der Waals surface area contributed by atoms with Crippen LogP contribution in [0.25, 0.3) is 22.3 Å². The van der Waals surface area contributed by atoms with Gasteiger partial charge in [0.1, 0.15) is 18.2 Å². The first kappa shape index (κ1) is 21.3. The molecule has 0 radical (unpaired) electrons. The van der Waals surface area contributed by atoms with E-state index in [4.69, 9.17) is 10.5 Å². The van der Waals surface area contributed by atoms with Crippen molar-refractivity contribution >= 4 is 15.7 Å². The third kappa shape index (κ3) is 5.24. The minimum Gasteiger partial charge on any atom is -0.492 e. The number of nitrogens with two attached hydrogens (primary N) is 1. The average molecular weight is 438 g/mol. The van der Waals surface area contributed by atoms with Gasteiger partial charge in [-0.2, -0.15) is 0 Å². The van der Waals surface area contributed by atoms with E-state index in [1.807, 2.05) is 30.3 Å². The monoisotopic (exact) mass is 437 g/mol. The molecule has 162 valence electrons. The summed E-state index contributed by atoms with van der Waals surface area (Å²) in [5, 5.41) is 0. The number of nitrogen functional groups attached to an aromatic ring is 1. The number of likely N-dealkylation sites (tertiary alicyclic amines) is 1. The van der Waals surface area contributed by atoms with Crippen LogP contribution >= 0.6 is 0 Å². The van der Waals surface area contributed by atoms with Gasteiger partial charge in [-0.3, -0.25) is 4.90 Å². The zero-order valence-electron chi connectivity index (χ0n) is 17.6. The lowest BCUT2D eigenvalue weighted by atomic mass is 10.0. The van der Waals surface area contributed by atoms with Crippen LogP contribution in [0.5, 0.6) is 5.75 Å². The fourth-order valence-corrected chi connectivity index (χ4v) is 4.42. The Kier molecular flexibility index (Phi) is 6.25. The molecule has 4 rings (SSSR count). The first-order valence-electron chi connectivity index (χ1n) is 10.4. The normalized spacial score (nSPS) is 14.6. The van der Waals surface area contributed by atoms with Crippen molar-refractivity contribution in [3.8, 4) is 28.0 Å². The lowest BCUT2D eigenvalue weighted by Gasteiger charge is -2.15. The first-order valence-corrected chi connectivity index (χ1v) is 12.3. The van der Waals surface area contributed by atoms with Gasteiger partial charge in [-0.25, -0.2) is 13.4 Å². The molecule has 0 atom stereocenters. The van der Waals surface area contributed by atoms with Gasteiger partial charge in [0.25, 0.3) is 0 Å². The lowest BCUT2D eigenvalue weighted by molar-refractivity contribution is 0.238. The van der Waals surface area contributed by atoms with Crippen molar-refractivity contribution in [3.05, 3.63) is 60.8 Å². The van der Waals surface area contributed by atoms with E-state index < -0.39 is 9.84 Å². The molecule has 1 aliphatic rings. The Hall–Kier alpha value is -2.90. The van der Waals surface area contributed by atoms with Gasteiger partial charge in [-0.1, -0.05) is 24.3 Å². The molecule has 6 nitrogen and oxygen atoms in total. The first-order chi connectivity index (χ1) is 14.9. The Labute approximate surface area is 183 Å². The van der Waals surface area contributed by atoms with Gasteiger partial charge in [-0.15, -0.1) is 0 Å². The van der Waals surface area contributed by atoms with Gasteiger partial charge in [0.05, 0.1) is 4.90 Å². The standard InChI is InChI=1S/C24H27N3O3S/c1-31(28,29)22-10-6-18(7-11-22)20-16-23(24(25)26-17-20)19-4-8-21(9-5-19)30-15-14-27-12-2-3-13-27/h4-11,16-17H,2-3,12-15H2,1H3,(H2,25,26). The lowest BCUT2D eigenvalue weighted by Crippen LogP contribution is -2.25. The van der Waals surface area contributed by atoms with Crippen LogP contribution in [0, 0.1) is 0 Å². The van der Waals surface area contributed by atoms with Gasteiger partial charge in [-0.05, 0) is 67.4 Å². The maximum atomic E-state index is 11.7. The van der Waals surface area contributed by atoms with Crippen LogP contribution in [-0.2, 0) is 9.84 Å².